The maximum Gasteiger partial charge on any atom is 0.204 e. The Balaban J connectivity index is 2.86. The van der Waals surface area contributed by atoms with Crippen LogP contribution in [0.3, 0.4) is 0 Å². The summed E-state index contributed by atoms with van der Waals surface area (Å²) in [6.07, 6.45) is 0. The van der Waals surface area contributed by atoms with Crippen molar-refractivity contribution in [3.8, 4) is 17.2 Å². The Morgan fingerprint density at radius 1 is 1.00 bits per heavy atom. The summed E-state index contributed by atoms with van der Waals surface area (Å²) in [5, 5.41) is 4.06. The van der Waals surface area contributed by atoms with Gasteiger partial charge in [-0.15, -0.1) is 0 Å². The maximum absolute atomic E-state index is 5.53. The molecular weight excluding hydrogens is 268 g/mol. The van der Waals surface area contributed by atoms with E-state index in [0.29, 0.717) is 23.2 Å². The third-order valence-electron chi connectivity index (χ3n) is 3.51. The minimum atomic E-state index is 0.349. The van der Waals surface area contributed by atoms with E-state index in [1.165, 1.54) is 0 Å². The zero-order valence-electron chi connectivity index (χ0n) is 13.4. The van der Waals surface area contributed by atoms with Gasteiger partial charge in [0.05, 0.1) is 26.8 Å². The second-order valence-corrected chi connectivity index (χ2v) is 5.04. The van der Waals surface area contributed by atoms with Gasteiger partial charge in [-0.1, -0.05) is 13.8 Å². The van der Waals surface area contributed by atoms with E-state index in [1.54, 1.807) is 21.3 Å². The Morgan fingerprint density at radius 3 is 2.14 bits per heavy atom. The monoisotopic (exact) mass is 290 g/mol. The second kappa shape index (κ2) is 6.08. The number of methoxy groups -OCH3 is 3. The van der Waals surface area contributed by atoms with Gasteiger partial charge in [-0.25, -0.2) is 4.98 Å². The predicted octanol–water partition coefficient (Wildman–Crippen LogP) is 3.43. The molecule has 1 N–H and O–H groups in total. The number of ether oxygens (including phenoxy) is 3. The second-order valence-electron chi connectivity index (χ2n) is 5.04. The molecule has 0 saturated heterocycles. The fourth-order valence-electron chi connectivity index (χ4n) is 2.45. The average Bonchev–Trinajstić information content (AvgIpc) is 2.50. The van der Waals surface area contributed by atoms with Crippen LogP contribution in [0.5, 0.6) is 17.2 Å². The molecule has 0 amide bonds. The molecule has 1 aromatic heterocycles. The Morgan fingerprint density at radius 2 is 1.67 bits per heavy atom. The maximum atomic E-state index is 5.53. The SMILES string of the molecule is CNc1nc2cc(OC)c(OC)c(OC)c2cc1C(C)C. The summed E-state index contributed by atoms with van der Waals surface area (Å²) in [4.78, 5) is 4.68. The van der Waals surface area contributed by atoms with Crippen molar-refractivity contribution in [3.05, 3.63) is 17.7 Å². The molecule has 2 aromatic rings. The first-order chi connectivity index (χ1) is 10.1. The van der Waals surface area contributed by atoms with Crippen molar-refractivity contribution in [3.63, 3.8) is 0 Å². The summed E-state index contributed by atoms with van der Waals surface area (Å²) in [5.74, 6) is 3.05. The van der Waals surface area contributed by atoms with Gasteiger partial charge in [0.15, 0.2) is 11.5 Å². The van der Waals surface area contributed by atoms with E-state index in [9.17, 15) is 0 Å². The molecule has 21 heavy (non-hydrogen) atoms. The van der Waals surface area contributed by atoms with Crippen molar-refractivity contribution in [1.29, 1.82) is 0 Å². The Bertz CT molecular complexity index is 654. The standard InChI is InChI=1S/C16H22N2O3/c1-9(2)10-7-11-12(18-16(10)17-3)8-13(19-4)15(21-6)14(11)20-5/h7-9H,1-6H3,(H,17,18). The van der Waals surface area contributed by atoms with Crippen LogP contribution in [0.15, 0.2) is 12.1 Å². The number of fused-ring (bicyclic) bond motifs is 1. The summed E-state index contributed by atoms with van der Waals surface area (Å²) in [7, 11) is 6.70. The van der Waals surface area contributed by atoms with Gasteiger partial charge in [0.25, 0.3) is 0 Å². The lowest BCUT2D eigenvalue weighted by Gasteiger charge is -2.17. The van der Waals surface area contributed by atoms with Gasteiger partial charge in [0.2, 0.25) is 5.75 Å². The van der Waals surface area contributed by atoms with E-state index in [0.717, 1.165) is 22.3 Å². The number of nitrogens with zero attached hydrogens (tertiary/aromatic N) is 1. The van der Waals surface area contributed by atoms with Gasteiger partial charge < -0.3 is 19.5 Å². The number of aromatic nitrogens is 1. The van der Waals surface area contributed by atoms with Crippen molar-refractivity contribution in [2.24, 2.45) is 0 Å². The molecule has 0 aliphatic rings. The van der Waals surface area contributed by atoms with Crippen molar-refractivity contribution in [2.45, 2.75) is 19.8 Å². The van der Waals surface area contributed by atoms with Gasteiger partial charge >= 0.3 is 0 Å². The lowest BCUT2D eigenvalue weighted by atomic mass is 10.0. The summed E-state index contributed by atoms with van der Waals surface area (Å²) >= 11 is 0. The van der Waals surface area contributed by atoms with E-state index in [2.05, 4.69) is 30.2 Å². The molecule has 0 spiro atoms. The number of hydrogen-bond donors (Lipinski definition) is 1. The van der Waals surface area contributed by atoms with E-state index in [4.69, 9.17) is 14.2 Å². The van der Waals surface area contributed by atoms with Crippen molar-refractivity contribution >= 4 is 16.7 Å². The molecule has 1 aromatic carbocycles. The van der Waals surface area contributed by atoms with Gasteiger partial charge in [0, 0.05) is 18.5 Å². The highest BCUT2D eigenvalue weighted by atomic mass is 16.5. The normalized spacial score (nSPS) is 10.8. The number of anilines is 1. The fourth-order valence-corrected chi connectivity index (χ4v) is 2.45. The van der Waals surface area contributed by atoms with Crippen LogP contribution < -0.4 is 19.5 Å². The third kappa shape index (κ3) is 2.55. The molecule has 2 rings (SSSR count). The lowest BCUT2D eigenvalue weighted by Crippen LogP contribution is -2.03. The highest BCUT2D eigenvalue weighted by Crippen LogP contribution is 2.44. The smallest absolute Gasteiger partial charge is 0.204 e. The third-order valence-corrected chi connectivity index (χ3v) is 3.51. The molecule has 114 valence electrons. The van der Waals surface area contributed by atoms with Crippen LogP contribution in [-0.2, 0) is 0 Å². The molecule has 5 heteroatoms. The number of nitrogens with one attached hydrogen (secondary N) is 1. The molecule has 5 nitrogen and oxygen atoms in total. The van der Waals surface area contributed by atoms with Crippen LogP contribution in [0, 0.1) is 0 Å². The minimum absolute atomic E-state index is 0.349. The summed E-state index contributed by atoms with van der Waals surface area (Å²) in [6.45, 7) is 4.27. The van der Waals surface area contributed by atoms with Crippen molar-refractivity contribution in [1.82, 2.24) is 4.98 Å². The van der Waals surface area contributed by atoms with Gasteiger partial charge in [0.1, 0.15) is 5.82 Å². The van der Waals surface area contributed by atoms with Crippen LogP contribution in [0.25, 0.3) is 10.9 Å². The first-order valence-corrected chi connectivity index (χ1v) is 6.88. The average molecular weight is 290 g/mol. The van der Waals surface area contributed by atoms with Crippen LogP contribution in [0.2, 0.25) is 0 Å². The number of benzene rings is 1. The van der Waals surface area contributed by atoms with E-state index in [-0.39, 0.29) is 0 Å². The zero-order valence-corrected chi connectivity index (χ0v) is 13.4. The molecular formula is C16H22N2O3. The van der Waals surface area contributed by atoms with Gasteiger partial charge in [-0.05, 0) is 17.5 Å². The molecule has 0 fully saturated rings. The Labute approximate surface area is 125 Å². The molecule has 0 radical (unpaired) electrons. The molecule has 0 saturated carbocycles. The summed E-state index contributed by atoms with van der Waals surface area (Å²) in [6, 6.07) is 3.96. The lowest BCUT2D eigenvalue weighted by molar-refractivity contribution is 0.327. The first-order valence-electron chi connectivity index (χ1n) is 6.88. The summed E-state index contributed by atoms with van der Waals surface area (Å²) < 4.78 is 16.3. The quantitative estimate of drug-likeness (QED) is 0.914. The van der Waals surface area contributed by atoms with E-state index >= 15 is 0 Å². The molecule has 0 aliphatic heterocycles. The minimum Gasteiger partial charge on any atom is -0.493 e. The number of pyridine rings is 1. The predicted molar refractivity (Wildman–Crippen MR) is 85.0 cm³/mol. The van der Waals surface area contributed by atoms with Gasteiger partial charge in [-0.3, -0.25) is 0 Å². The van der Waals surface area contributed by atoms with E-state index in [1.807, 2.05) is 13.1 Å². The largest absolute Gasteiger partial charge is 0.493 e. The van der Waals surface area contributed by atoms with Crippen molar-refractivity contribution in [2.75, 3.05) is 33.7 Å². The molecule has 0 atom stereocenters. The van der Waals surface area contributed by atoms with Crippen LogP contribution in [-0.4, -0.2) is 33.4 Å². The molecule has 0 unspecified atom stereocenters. The van der Waals surface area contributed by atoms with E-state index < -0.39 is 0 Å². The number of rotatable bonds is 5. The molecule has 1 heterocycles. The number of hydrogen-bond acceptors (Lipinski definition) is 5. The highest BCUT2D eigenvalue weighted by molar-refractivity contribution is 5.92. The Hall–Kier alpha value is -2.17. The van der Waals surface area contributed by atoms with Crippen LogP contribution in [0.1, 0.15) is 25.3 Å². The van der Waals surface area contributed by atoms with Crippen molar-refractivity contribution < 1.29 is 14.2 Å². The highest BCUT2D eigenvalue weighted by Gasteiger charge is 2.19. The first kappa shape index (κ1) is 15.2. The van der Waals surface area contributed by atoms with Crippen LogP contribution in [0.4, 0.5) is 5.82 Å². The molecule has 0 aliphatic carbocycles. The van der Waals surface area contributed by atoms with Gasteiger partial charge in [-0.2, -0.15) is 0 Å². The topological polar surface area (TPSA) is 52.6 Å². The molecule has 0 bridgehead atoms. The Kier molecular flexibility index (Phi) is 4.40. The summed E-state index contributed by atoms with van der Waals surface area (Å²) in [5.41, 5.74) is 1.94. The zero-order chi connectivity index (χ0) is 15.6. The van der Waals surface area contributed by atoms with Crippen LogP contribution >= 0.6 is 0 Å². The fraction of sp³-hybridized carbons (Fsp3) is 0.438.